The Kier molecular flexibility index (Phi) is 7.77. The van der Waals surface area contributed by atoms with E-state index in [9.17, 15) is 9.18 Å². The third-order valence-electron chi connectivity index (χ3n) is 4.96. The van der Waals surface area contributed by atoms with Gasteiger partial charge in [-0.25, -0.2) is 4.39 Å². The Labute approximate surface area is 161 Å². The van der Waals surface area contributed by atoms with E-state index < -0.39 is 0 Å². The Hall–Kier alpha value is -1.27. The maximum Gasteiger partial charge on any atom is 0.237 e. The van der Waals surface area contributed by atoms with Crippen LogP contribution in [0.2, 0.25) is 0 Å². The molecule has 1 aromatic carbocycles. The molecule has 1 saturated heterocycles. The van der Waals surface area contributed by atoms with E-state index in [4.69, 9.17) is 0 Å². The first kappa shape index (κ1) is 21.0. The minimum atomic E-state index is -0.268. The second-order valence-corrected chi connectivity index (χ2v) is 8.88. The van der Waals surface area contributed by atoms with E-state index in [0.717, 1.165) is 31.7 Å². The number of hydrogen-bond donors (Lipinski definition) is 1. The quantitative estimate of drug-likeness (QED) is 0.772. The number of nitrogens with one attached hydrogen (secondary N) is 1. The number of halogens is 1. The Morgan fingerprint density at radius 1 is 1.35 bits per heavy atom. The number of hydrogen-bond acceptors (Lipinski definition) is 4. The molecule has 1 N–H and O–H groups in total. The van der Waals surface area contributed by atoms with E-state index in [1.165, 1.54) is 6.07 Å². The van der Waals surface area contributed by atoms with E-state index in [-0.39, 0.29) is 22.9 Å². The van der Waals surface area contributed by atoms with Crippen LogP contribution in [0.1, 0.15) is 33.6 Å². The van der Waals surface area contributed by atoms with Gasteiger partial charge in [0.15, 0.2) is 0 Å². The summed E-state index contributed by atoms with van der Waals surface area (Å²) in [7, 11) is 4.19. The number of anilines is 2. The summed E-state index contributed by atoms with van der Waals surface area (Å²) in [6, 6.07) is 5.61. The molecule has 1 aliphatic rings. The summed E-state index contributed by atoms with van der Waals surface area (Å²) in [4.78, 5) is 16.8. The van der Waals surface area contributed by atoms with Crippen molar-refractivity contribution in [2.75, 3.05) is 43.2 Å². The maximum absolute atomic E-state index is 14.6. The lowest BCUT2D eigenvalue weighted by atomic mass is 10.0. The molecule has 1 aromatic rings. The lowest BCUT2D eigenvalue weighted by molar-refractivity contribution is -0.116. The topological polar surface area (TPSA) is 35.6 Å². The average Bonchev–Trinajstić information content (AvgIpc) is 2.59. The number of benzene rings is 1. The molecule has 146 valence electrons. The molecule has 2 rings (SSSR count). The fourth-order valence-corrected chi connectivity index (χ4v) is 4.38. The summed E-state index contributed by atoms with van der Waals surface area (Å²) in [5, 5.41) is 2.76. The first-order valence-corrected chi connectivity index (χ1v) is 10.5. The molecule has 0 unspecified atom stereocenters. The molecule has 0 bridgehead atoms. The van der Waals surface area contributed by atoms with Gasteiger partial charge >= 0.3 is 0 Å². The van der Waals surface area contributed by atoms with Crippen molar-refractivity contribution in [1.82, 2.24) is 4.90 Å². The molecule has 26 heavy (non-hydrogen) atoms. The Bertz CT molecular complexity index is 601. The molecule has 4 nitrogen and oxygen atoms in total. The predicted octanol–water partition coefficient (Wildman–Crippen LogP) is 4.07. The second kappa shape index (κ2) is 9.60. The fourth-order valence-electron chi connectivity index (χ4n) is 3.43. The molecule has 0 aliphatic carbocycles. The number of carbonyl (C=O) groups excluding carboxylic acids is 1. The van der Waals surface area contributed by atoms with Gasteiger partial charge < -0.3 is 15.1 Å². The van der Waals surface area contributed by atoms with Crippen LogP contribution in [0.4, 0.5) is 15.8 Å². The van der Waals surface area contributed by atoms with Crippen LogP contribution in [0.5, 0.6) is 0 Å². The van der Waals surface area contributed by atoms with Gasteiger partial charge in [-0.1, -0.05) is 20.8 Å². The van der Waals surface area contributed by atoms with Crippen LogP contribution in [0, 0.1) is 11.7 Å². The molecule has 1 atom stereocenters. The molecule has 0 spiro atoms. The van der Waals surface area contributed by atoms with Crippen molar-refractivity contribution in [2.24, 2.45) is 5.92 Å². The van der Waals surface area contributed by atoms with Crippen LogP contribution < -0.4 is 10.2 Å². The van der Waals surface area contributed by atoms with Crippen LogP contribution in [0.15, 0.2) is 18.2 Å². The number of carbonyl (C=O) groups is 1. The molecule has 1 aliphatic heterocycles. The third-order valence-corrected chi connectivity index (χ3v) is 6.41. The van der Waals surface area contributed by atoms with Gasteiger partial charge in [0.2, 0.25) is 5.91 Å². The highest BCUT2D eigenvalue weighted by Crippen LogP contribution is 2.28. The summed E-state index contributed by atoms with van der Waals surface area (Å²) in [6.07, 6.45) is 2.07. The van der Waals surface area contributed by atoms with E-state index in [0.29, 0.717) is 17.4 Å². The normalized spacial score (nSPS) is 17.0. The maximum atomic E-state index is 14.6. The third kappa shape index (κ3) is 5.36. The monoisotopic (exact) mass is 381 g/mol. The molecule has 0 radical (unpaired) electrons. The molecular formula is C20H32FN3OS. The molecule has 0 aromatic heterocycles. The first-order valence-electron chi connectivity index (χ1n) is 9.46. The Morgan fingerprint density at radius 3 is 2.50 bits per heavy atom. The average molecular weight is 382 g/mol. The number of piperidine rings is 1. The zero-order valence-electron chi connectivity index (χ0n) is 16.6. The number of amides is 1. The number of thioether (sulfide) groups is 1. The second-order valence-electron chi connectivity index (χ2n) is 7.46. The van der Waals surface area contributed by atoms with Gasteiger partial charge in [-0.15, -0.1) is 11.8 Å². The van der Waals surface area contributed by atoms with Crippen LogP contribution in [0.3, 0.4) is 0 Å². The van der Waals surface area contributed by atoms with Crippen molar-refractivity contribution >= 4 is 29.0 Å². The molecule has 1 amide bonds. The van der Waals surface area contributed by atoms with Gasteiger partial charge in [0.05, 0.1) is 10.9 Å². The standard InChI is InChI=1S/C20H32FN3OS/c1-6-26-19(14(2)3)20(25)22-15-7-8-18(17(21)13-15)24-11-9-16(10-12-24)23(4)5/h7-8,13-14,16,19H,6,9-12H2,1-5H3,(H,22,25)/t19-/m0/s1. The van der Waals surface area contributed by atoms with E-state index in [1.807, 2.05) is 26.8 Å². The molecule has 1 fully saturated rings. The summed E-state index contributed by atoms with van der Waals surface area (Å²) < 4.78 is 14.6. The van der Waals surface area contributed by atoms with Crippen LogP contribution >= 0.6 is 11.8 Å². The molecule has 1 heterocycles. The van der Waals surface area contributed by atoms with Crippen molar-refractivity contribution in [3.8, 4) is 0 Å². The Balaban J connectivity index is 2.02. The summed E-state index contributed by atoms with van der Waals surface area (Å²) in [5.74, 6) is 0.801. The summed E-state index contributed by atoms with van der Waals surface area (Å²) in [6.45, 7) is 7.82. The minimum absolute atomic E-state index is 0.0502. The highest BCUT2D eigenvalue weighted by atomic mass is 32.2. The minimum Gasteiger partial charge on any atom is -0.369 e. The van der Waals surface area contributed by atoms with Crippen LogP contribution in [-0.4, -0.2) is 55.0 Å². The van der Waals surface area contributed by atoms with Gasteiger partial charge in [0.25, 0.3) is 0 Å². The lowest BCUT2D eigenvalue weighted by Crippen LogP contribution is -2.42. The molecule has 6 heteroatoms. The Morgan fingerprint density at radius 2 is 2.00 bits per heavy atom. The smallest absolute Gasteiger partial charge is 0.237 e. The van der Waals surface area contributed by atoms with E-state index >= 15 is 0 Å². The fraction of sp³-hybridized carbons (Fsp3) is 0.650. The van der Waals surface area contributed by atoms with Gasteiger partial charge in [0.1, 0.15) is 5.82 Å². The van der Waals surface area contributed by atoms with Crippen molar-refractivity contribution < 1.29 is 9.18 Å². The van der Waals surface area contributed by atoms with Crippen molar-refractivity contribution in [3.05, 3.63) is 24.0 Å². The lowest BCUT2D eigenvalue weighted by Gasteiger charge is -2.36. The van der Waals surface area contributed by atoms with Gasteiger partial charge in [0, 0.05) is 24.8 Å². The van der Waals surface area contributed by atoms with Crippen molar-refractivity contribution in [3.63, 3.8) is 0 Å². The molecular weight excluding hydrogens is 349 g/mol. The molecule has 0 saturated carbocycles. The zero-order chi connectivity index (χ0) is 19.3. The van der Waals surface area contributed by atoms with E-state index in [1.54, 1.807) is 17.8 Å². The largest absolute Gasteiger partial charge is 0.369 e. The summed E-state index contributed by atoms with van der Waals surface area (Å²) >= 11 is 1.63. The zero-order valence-corrected chi connectivity index (χ0v) is 17.4. The van der Waals surface area contributed by atoms with Gasteiger partial charge in [-0.05, 0) is 56.8 Å². The number of rotatable bonds is 7. The highest BCUT2D eigenvalue weighted by molar-refractivity contribution is 8.00. The van der Waals surface area contributed by atoms with Crippen molar-refractivity contribution in [1.29, 1.82) is 0 Å². The summed E-state index contributed by atoms with van der Waals surface area (Å²) in [5.41, 5.74) is 1.16. The highest BCUT2D eigenvalue weighted by Gasteiger charge is 2.24. The first-order chi connectivity index (χ1) is 12.3. The van der Waals surface area contributed by atoms with Crippen LogP contribution in [0.25, 0.3) is 0 Å². The van der Waals surface area contributed by atoms with Crippen molar-refractivity contribution in [2.45, 2.75) is 44.9 Å². The van der Waals surface area contributed by atoms with Gasteiger partial charge in [-0.3, -0.25) is 4.79 Å². The SMILES string of the molecule is CCS[C@H](C(=O)Nc1ccc(N2CCC(N(C)C)CC2)c(F)c1)C(C)C. The predicted molar refractivity (Wildman–Crippen MR) is 111 cm³/mol. The van der Waals surface area contributed by atoms with Gasteiger partial charge in [-0.2, -0.15) is 0 Å². The van der Waals surface area contributed by atoms with E-state index in [2.05, 4.69) is 29.2 Å². The van der Waals surface area contributed by atoms with Crippen LogP contribution in [-0.2, 0) is 4.79 Å². The number of nitrogens with zero attached hydrogens (tertiary/aromatic N) is 2.